The summed E-state index contributed by atoms with van der Waals surface area (Å²) >= 11 is 0. The van der Waals surface area contributed by atoms with Gasteiger partial charge in [-0.2, -0.15) is 0 Å². The number of fused-ring (bicyclic) bond motifs is 1. The van der Waals surface area contributed by atoms with Crippen LogP contribution in [0.1, 0.15) is 64.0 Å². The lowest BCUT2D eigenvalue weighted by Gasteiger charge is -2.38. The van der Waals surface area contributed by atoms with Crippen LogP contribution in [0.4, 0.5) is 5.69 Å². The second-order valence-electron chi connectivity index (χ2n) is 7.96. The van der Waals surface area contributed by atoms with Gasteiger partial charge in [0.25, 0.3) is 0 Å². The van der Waals surface area contributed by atoms with Gasteiger partial charge in [-0.05, 0) is 68.6 Å². The standard InChI is InChI=1S/C23H33NO/c1-5-24(6-2)21-15-8-11-17-10-7-13-19(22(17)21)20-14-9-12-18(16(3)4)23(20)25/h8-9,11-12,15-16,18-20H,5-7,10,13-14H2,1-4H3. The van der Waals surface area contributed by atoms with Crippen molar-refractivity contribution in [2.75, 3.05) is 18.0 Å². The zero-order chi connectivity index (χ0) is 18.0. The third-order valence-corrected chi connectivity index (χ3v) is 6.24. The molecule has 0 fully saturated rings. The van der Waals surface area contributed by atoms with Crippen LogP contribution in [0, 0.1) is 17.8 Å². The average molecular weight is 340 g/mol. The Balaban J connectivity index is 2.01. The Hall–Kier alpha value is -1.57. The van der Waals surface area contributed by atoms with Crippen molar-refractivity contribution in [2.24, 2.45) is 17.8 Å². The van der Waals surface area contributed by atoms with Crippen molar-refractivity contribution in [3.63, 3.8) is 0 Å². The van der Waals surface area contributed by atoms with E-state index in [2.05, 4.69) is 62.9 Å². The summed E-state index contributed by atoms with van der Waals surface area (Å²) in [4.78, 5) is 15.7. The number of aryl methyl sites for hydroxylation is 1. The molecule has 0 aromatic heterocycles. The van der Waals surface area contributed by atoms with E-state index in [-0.39, 0.29) is 11.8 Å². The number of nitrogens with zero attached hydrogens (tertiary/aromatic N) is 1. The van der Waals surface area contributed by atoms with Gasteiger partial charge in [-0.3, -0.25) is 4.79 Å². The maximum absolute atomic E-state index is 13.2. The normalized spacial score (nSPS) is 26.0. The van der Waals surface area contributed by atoms with E-state index in [9.17, 15) is 4.79 Å². The minimum Gasteiger partial charge on any atom is -0.372 e. The van der Waals surface area contributed by atoms with E-state index in [0.29, 0.717) is 17.6 Å². The highest BCUT2D eigenvalue weighted by atomic mass is 16.1. The van der Waals surface area contributed by atoms with Crippen molar-refractivity contribution in [3.05, 3.63) is 41.5 Å². The maximum Gasteiger partial charge on any atom is 0.143 e. The fraction of sp³-hybridized carbons (Fsp3) is 0.609. The molecule has 2 aliphatic rings. The molecular formula is C23H33NO. The molecule has 136 valence electrons. The number of benzene rings is 1. The smallest absolute Gasteiger partial charge is 0.143 e. The number of allylic oxidation sites excluding steroid dienone is 2. The van der Waals surface area contributed by atoms with Gasteiger partial charge in [-0.25, -0.2) is 0 Å². The maximum atomic E-state index is 13.2. The Bertz CT molecular complexity index is 641. The van der Waals surface area contributed by atoms with E-state index in [1.807, 2.05) is 0 Å². The van der Waals surface area contributed by atoms with Gasteiger partial charge >= 0.3 is 0 Å². The quantitative estimate of drug-likeness (QED) is 0.672. The lowest BCUT2D eigenvalue weighted by molar-refractivity contribution is -0.127. The molecule has 0 amide bonds. The van der Waals surface area contributed by atoms with Crippen LogP contribution < -0.4 is 4.90 Å². The molecule has 2 nitrogen and oxygen atoms in total. The first-order chi connectivity index (χ1) is 12.1. The molecule has 0 N–H and O–H groups in total. The lowest BCUT2D eigenvalue weighted by Crippen LogP contribution is -2.35. The van der Waals surface area contributed by atoms with Gasteiger partial charge < -0.3 is 4.90 Å². The Kier molecular flexibility index (Phi) is 5.66. The fourth-order valence-electron chi connectivity index (χ4n) is 4.89. The van der Waals surface area contributed by atoms with Crippen molar-refractivity contribution in [3.8, 4) is 0 Å². The predicted octanol–water partition coefficient (Wildman–Crippen LogP) is 5.37. The van der Waals surface area contributed by atoms with Gasteiger partial charge in [0.1, 0.15) is 5.78 Å². The Labute approximate surface area is 153 Å². The van der Waals surface area contributed by atoms with Gasteiger partial charge in [-0.1, -0.05) is 38.1 Å². The fourth-order valence-corrected chi connectivity index (χ4v) is 4.89. The van der Waals surface area contributed by atoms with Crippen LogP contribution in [0.3, 0.4) is 0 Å². The summed E-state index contributed by atoms with van der Waals surface area (Å²) in [6.07, 6.45) is 8.86. The first kappa shape index (κ1) is 18.2. The van der Waals surface area contributed by atoms with Crippen molar-refractivity contribution in [2.45, 2.75) is 59.3 Å². The van der Waals surface area contributed by atoms with E-state index in [4.69, 9.17) is 0 Å². The number of Topliss-reactive ketones (excluding diaryl/α,β-unsaturated/α-hetero) is 1. The Morgan fingerprint density at radius 2 is 1.92 bits per heavy atom. The highest BCUT2D eigenvalue weighted by Crippen LogP contribution is 2.46. The molecule has 3 atom stereocenters. The molecule has 2 aliphatic carbocycles. The number of anilines is 1. The van der Waals surface area contributed by atoms with Crippen molar-refractivity contribution in [1.29, 1.82) is 0 Å². The predicted molar refractivity (Wildman–Crippen MR) is 106 cm³/mol. The average Bonchev–Trinajstić information content (AvgIpc) is 2.62. The summed E-state index contributed by atoms with van der Waals surface area (Å²) in [5.41, 5.74) is 4.33. The molecule has 1 aromatic rings. The number of hydrogen-bond donors (Lipinski definition) is 0. The van der Waals surface area contributed by atoms with Crippen LogP contribution >= 0.6 is 0 Å². The van der Waals surface area contributed by atoms with E-state index < -0.39 is 0 Å². The van der Waals surface area contributed by atoms with Crippen LogP contribution in [0.15, 0.2) is 30.4 Å². The van der Waals surface area contributed by atoms with Crippen LogP contribution in [0.5, 0.6) is 0 Å². The number of hydrogen-bond acceptors (Lipinski definition) is 2. The second kappa shape index (κ2) is 7.76. The van der Waals surface area contributed by atoms with E-state index in [0.717, 1.165) is 32.4 Å². The SMILES string of the molecule is CCN(CC)c1cccc2c1C(C1CC=CC(C(C)C)C1=O)CCC2. The highest BCUT2D eigenvalue weighted by molar-refractivity contribution is 5.87. The van der Waals surface area contributed by atoms with Crippen molar-refractivity contribution in [1.82, 2.24) is 0 Å². The Morgan fingerprint density at radius 1 is 1.16 bits per heavy atom. The van der Waals surface area contributed by atoms with Crippen LogP contribution in [0.25, 0.3) is 0 Å². The summed E-state index contributed by atoms with van der Waals surface area (Å²) in [7, 11) is 0. The van der Waals surface area contributed by atoms with Crippen molar-refractivity contribution >= 4 is 11.5 Å². The molecule has 0 saturated carbocycles. The zero-order valence-corrected chi connectivity index (χ0v) is 16.3. The summed E-state index contributed by atoms with van der Waals surface area (Å²) in [5, 5.41) is 0. The van der Waals surface area contributed by atoms with Gasteiger partial charge in [0.15, 0.2) is 0 Å². The molecule has 0 spiro atoms. The number of carbonyl (C=O) groups excluding carboxylic acids is 1. The first-order valence-corrected chi connectivity index (χ1v) is 10.2. The van der Waals surface area contributed by atoms with Gasteiger partial charge in [0, 0.05) is 30.6 Å². The molecule has 0 radical (unpaired) electrons. The minimum absolute atomic E-state index is 0.102. The molecular weight excluding hydrogens is 306 g/mol. The van der Waals surface area contributed by atoms with Crippen LogP contribution in [-0.2, 0) is 11.2 Å². The molecule has 0 aliphatic heterocycles. The highest BCUT2D eigenvalue weighted by Gasteiger charge is 2.38. The summed E-state index contributed by atoms with van der Waals surface area (Å²) < 4.78 is 0. The number of rotatable bonds is 5. The number of ketones is 1. The topological polar surface area (TPSA) is 20.3 Å². The van der Waals surface area contributed by atoms with Crippen molar-refractivity contribution < 1.29 is 4.79 Å². The Morgan fingerprint density at radius 3 is 2.60 bits per heavy atom. The lowest BCUT2D eigenvalue weighted by atomic mass is 9.67. The van der Waals surface area contributed by atoms with Crippen LogP contribution in [0.2, 0.25) is 0 Å². The second-order valence-corrected chi connectivity index (χ2v) is 7.96. The molecule has 0 heterocycles. The molecule has 3 unspecified atom stereocenters. The van der Waals surface area contributed by atoms with Gasteiger partial charge in [-0.15, -0.1) is 0 Å². The van der Waals surface area contributed by atoms with E-state index in [1.165, 1.54) is 23.2 Å². The first-order valence-electron chi connectivity index (χ1n) is 10.2. The summed E-state index contributed by atoms with van der Waals surface area (Å²) in [6, 6.07) is 6.76. The number of carbonyl (C=O) groups is 1. The zero-order valence-electron chi connectivity index (χ0n) is 16.3. The molecule has 1 aromatic carbocycles. The molecule has 3 rings (SSSR count). The summed E-state index contributed by atoms with van der Waals surface area (Å²) in [5.74, 6) is 1.52. The largest absolute Gasteiger partial charge is 0.372 e. The van der Waals surface area contributed by atoms with Gasteiger partial charge in [0.2, 0.25) is 0 Å². The molecule has 0 saturated heterocycles. The molecule has 0 bridgehead atoms. The van der Waals surface area contributed by atoms with Gasteiger partial charge in [0.05, 0.1) is 0 Å². The third kappa shape index (κ3) is 3.41. The molecule has 25 heavy (non-hydrogen) atoms. The van der Waals surface area contributed by atoms with E-state index in [1.54, 1.807) is 0 Å². The van der Waals surface area contributed by atoms with Crippen LogP contribution in [-0.4, -0.2) is 18.9 Å². The minimum atomic E-state index is 0.102. The molecule has 2 heteroatoms. The van der Waals surface area contributed by atoms with E-state index >= 15 is 0 Å². The third-order valence-electron chi connectivity index (χ3n) is 6.24. The monoisotopic (exact) mass is 339 g/mol. The summed E-state index contributed by atoms with van der Waals surface area (Å²) in [6.45, 7) is 10.8.